The summed E-state index contributed by atoms with van der Waals surface area (Å²) in [6.45, 7) is 7.26. The van der Waals surface area contributed by atoms with Crippen molar-refractivity contribution in [3.05, 3.63) is 10.1 Å². The molecule has 10 nitrogen and oxygen atoms in total. The highest BCUT2D eigenvalue weighted by atomic mass is 16.6. The number of aliphatic carboxylic acids is 2. The zero-order valence-corrected chi connectivity index (χ0v) is 14.4. The van der Waals surface area contributed by atoms with Gasteiger partial charge in [-0.1, -0.05) is 0 Å². The fourth-order valence-electron chi connectivity index (χ4n) is 1.90. The van der Waals surface area contributed by atoms with Gasteiger partial charge in [0.1, 0.15) is 11.6 Å². The third-order valence-electron chi connectivity index (χ3n) is 3.10. The molecule has 0 heterocycles. The molecule has 0 saturated carbocycles. The lowest BCUT2D eigenvalue weighted by Gasteiger charge is -2.25. The number of carboxylic acids is 2. The molecule has 0 rings (SSSR count). The van der Waals surface area contributed by atoms with E-state index in [-0.39, 0.29) is 6.42 Å². The van der Waals surface area contributed by atoms with E-state index in [1.54, 1.807) is 20.8 Å². The number of rotatable bonds is 8. The van der Waals surface area contributed by atoms with Crippen LogP contribution in [0.2, 0.25) is 0 Å². The van der Waals surface area contributed by atoms with Gasteiger partial charge in [0.05, 0.1) is 5.92 Å². The van der Waals surface area contributed by atoms with Gasteiger partial charge in [0.2, 0.25) is 5.54 Å². The maximum absolute atomic E-state index is 11.7. The van der Waals surface area contributed by atoms with E-state index in [1.807, 2.05) is 0 Å². The molecule has 0 spiro atoms. The third-order valence-corrected chi connectivity index (χ3v) is 3.10. The Labute approximate surface area is 139 Å². The SMILES string of the molecule is CC(C)(C)OC(=O)N[C@@H](CC(CC(C)(C)[N+](=O)[O-])C(=O)O)C(=O)O. The number of alkyl carbamates (subject to hydrolysis) is 1. The fourth-order valence-corrected chi connectivity index (χ4v) is 1.90. The first-order valence-electron chi connectivity index (χ1n) is 7.25. The molecule has 1 amide bonds. The van der Waals surface area contributed by atoms with Crippen LogP contribution in [0, 0.1) is 16.0 Å². The van der Waals surface area contributed by atoms with E-state index in [9.17, 15) is 29.6 Å². The molecule has 138 valence electrons. The number of nitro groups is 1. The molecule has 10 heteroatoms. The summed E-state index contributed by atoms with van der Waals surface area (Å²) in [5.41, 5.74) is -2.40. The Bertz CT molecular complexity index is 509. The van der Waals surface area contributed by atoms with Crippen LogP contribution < -0.4 is 5.32 Å². The Balaban J connectivity index is 5.11. The lowest BCUT2D eigenvalue weighted by Crippen LogP contribution is -2.46. The highest BCUT2D eigenvalue weighted by molar-refractivity contribution is 5.81. The molecule has 0 aliphatic heterocycles. The van der Waals surface area contributed by atoms with Crippen molar-refractivity contribution in [1.82, 2.24) is 5.32 Å². The first-order valence-corrected chi connectivity index (χ1v) is 7.25. The van der Waals surface area contributed by atoms with E-state index in [0.717, 1.165) is 0 Å². The summed E-state index contributed by atoms with van der Waals surface area (Å²) in [5, 5.41) is 31.4. The van der Waals surface area contributed by atoms with Crippen LogP contribution in [0.4, 0.5) is 4.79 Å². The minimum Gasteiger partial charge on any atom is -0.481 e. The maximum Gasteiger partial charge on any atom is 0.408 e. The Kier molecular flexibility index (Phi) is 7.14. The summed E-state index contributed by atoms with van der Waals surface area (Å²) < 4.78 is 4.93. The maximum atomic E-state index is 11.7. The van der Waals surface area contributed by atoms with Crippen molar-refractivity contribution in [2.24, 2.45) is 5.92 Å². The number of carboxylic acid groups (broad SMARTS) is 2. The molecule has 0 fully saturated rings. The van der Waals surface area contributed by atoms with Crippen LogP contribution in [0.25, 0.3) is 0 Å². The summed E-state index contributed by atoms with van der Waals surface area (Å²) in [6.07, 6.45) is -1.89. The summed E-state index contributed by atoms with van der Waals surface area (Å²) >= 11 is 0. The van der Waals surface area contributed by atoms with Crippen molar-refractivity contribution in [2.75, 3.05) is 0 Å². The molecule has 0 bridgehead atoms. The van der Waals surface area contributed by atoms with Crippen LogP contribution in [0.5, 0.6) is 0 Å². The number of amides is 1. The van der Waals surface area contributed by atoms with Crippen molar-refractivity contribution in [3.8, 4) is 0 Å². The topological polar surface area (TPSA) is 156 Å². The van der Waals surface area contributed by atoms with Gasteiger partial charge in [0.15, 0.2) is 0 Å². The molecule has 0 aromatic rings. The first kappa shape index (κ1) is 21.6. The van der Waals surface area contributed by atoms with Gasteiger partial charge in [-0.2, -0.15) is 0 Å². The van der Waals surface area contributed by atoms with Gasteiger partial charge < -0.3 is 20.3 Å². The molecular weight excluding hydrogens is 324 g/mol. The molecule has 24 heavy (non-hydrogen) atoms. The van der Waals surface area contributed by atoms with E-state index in [1.165, 1.54) is 13.8 Å². The predicted octanol–water partition coefficient (Wildman–Crippen LogP) is 1.50. The number of hydrogen-bond donors (Lipinski definition) is 3. The third kappa shape index (κ3) is 7.75. The van der Waals surface area contributed by atoms with Gasteiger partial charge in [-0.3, -0.25) is 14.9 Å². The second-order valence-electron chi connectivity index (χ2n) is 7.08. The van der Waals surface area contributed by atoms with Gasteiger partial charge in [0, 0.05) is 25.2 Å². The van der Waals surface area contributed by atoms with Crippen molar-refractivity contribution < 1.29 is 34.3 Å². The largest absolute Gasteiger partial charge is 0.481 e. The van der Waals surface area contributed by atoms with E-state index < -0.39 is 52.5 Å². The van der Waals surface area contributed by atoms with E-state index in [0.29, 0.717) is 0 Å². The van der Waals surface area contributed by atoms with Crippen LogP contribution in [0.1, 0.15) is 47.5 Å². The number of ether oxygens (including phenoxy) is 1. The van der Waals surface area contributed by atoms with Crippen LogP contribution >= 0.6 is 0 Å². The summed E-state index contributed by atoms with van der Waals surface area (Å²) in [4.78, 5) is 44.6. The Morgan fingerprint density at radius 3 is 1.96 bits per heavy atom. The van der Waals surface area contributed by atoms with E-state index in [4.69, 9.17) is 9.84 Å². The molecule has 0 aliphatic rings. The standard InChI is InChI=1S/C14H24N2O8/c1-13(2,3)24-12(21)15-9(11(19)20)6-8(10(17)18)7-14(4,5)16(22)23/h8-9H,6-7H2,1-5H3,(H,15,21)(H,17,18)(H,19,20)/t8?,9-/m0/s1. The molecular formula is C14H24N2O8. The summed E-state index contributed by atoms with van der Waals surface area (Å²) in [6, 6.07) is -1.54. The van der Waals surface area contributed by atoms with Crippen molar-refractivity contribution in [2.45, 2.75) is 64.6 Å². The Hall–Kier alpha value is -2.39. The Morgan fingerprint density at radius 1 is 1.12 bits per heavy atom. The van der Waals surface area contributed by atoms with Crippen molar-refractivity contribution in [1.29, 1.82) is 0 Å². The highest BCUT2D eigenvalue weighted by Gasteiger charge is 2.39. The molecule has 0 aromatic carbocycles. The van der Waals surface area contributed by atoms with Gasteiger partial charge in [0.25, 0.3) is 0 Å². The number of nitrogens with one attached hydrogen (secondary N) is 1. The van der Waals surface area contributed by atoms with Gasteiger partial charge in [-0.15, -0.1) is 0 Å². The molecule has 0 saturated heterocycles. The zero-order valence-electron chi connectivity index (χ0n) is 14.4. The monoisotopic (exact) mass is 348 g/mol. The minimum absolute atomic E-state index is 0.380. The number of carbonyl (C=O) groups excluding carboxylic acids is 1. The molecule has 1 unspecified atom stereocenters. The molecule has 0 aromatic heterocycles. The Morgan fingerprint density at radius 2 is 1.62 bits per heavy atom. The summed E-state index contributed by atoms with van der Waals surface area (Å²) in [7, 11) is 0. The van der Waals surface area contributed by atoms with Crippen molar-refractivity contribution >= 4 is 18.0 Å². The average Bonchev–Trinajstić information content (AvgIpc) is 2.33. The minimum atomic E-state index is -1.54. The number of nitrogens with zero attached hydrogens (tertiary/aromatic N) is 1. The average molecular weight is 348 g/mol. The van der Waals surface area contributed by atoms with Crippen LogP contribution in [-0.4, -0.2) is 50.4 Å². The second kappa shape index (κ2) is 7.93. The quantitative estimate of drug-likeness (QED) is 0.440. The van der Waals surface area contributed by atoms with Crippen LogP contribution in [-0.2, 0) is 14.3 Å². The first-order chi connectivity index (χ1) is 10.7. The van der Waals surface area contributed by atoms with Crippen molar-refractivity contribution in [3.63, 3.8) is 0 Å². The van der Waals surface area contributed by atoms with E-state index in [2.05, 4.69) is 5.32 Å². The number of carbonyl (C=O) groups is 3. The summed E-state index contributed by atoms with van der Waals surface area (Å²) in [5.74, 6) is -4.14. The molecule has 2 atom stereocenters. The fraction of sp³-hybridized carbons (Fsp3) is 0.786. The van der Waals surface area contributed by atoms with Gasteiger partial charge in [-0.05, 0) is 27.2 Å². The molecule has 3 N–H and O–H groups in total. The predicted molar refractivity (Wildman–Crippen MR) is 82.2 cm³/mol. The lowest BCUT2D eigenvalue weighted by molar-refractivity contribution is -0.562. The normalized spacial score (nSPS) is 14.4. The van der Waals surface area contributed by atoms with Crippen LogP contribution in [0.15, 0.2) is 0 Å². The lowest BCUT2D eigenvalue weighted by atomic mass is 9.87. The molecule has 0 radical (unpaired) electrons. The number of hydrogen-bond acceptors (Lipinski definition) is 6. The van der Waals surface area contributed by atoms with Crippen LogP contribution in [0.3, 0.4) is 0 Å². The van der Waals surface area contributed by atoms with Gasteiger partial charge in [-0.25, -0.2) is 9.59 Å². The smallest absolute Gasteiger partial charge is 0.408 e. The molecule has 0 aliphatic carbocycles. The van der Waals surface area contributed by atoms with Gasteiger partial charge >= 0.3 is 18.0 Å². The zero-order chi connectivity index (χ0) is 19.3. The second-order valence-corrected chi connectivity index (χ2v) is 7.08. The highest BCUT2D eigenvalue weighted by Crippen LogP contribution is 2.24. The van der Waals surface area contributed by atoms with E-state index >= 15 is 0 Å².